The second kappa shape index (κ2) is 8.91. The Kier molecular flexibility index (Phi) is 5.70. The summed E-state index contributed by atoms with van der Waals surface area (Å²) in [5, 5.41) is 14.0. The van der Waals surface area contributed by atoms with E-state index in [2.05, 4.69) is 20.8 Å². The van der Waals surface area contributed by atoms with Crippen LogP contribution < -0.4 is 15.4 Å². The molecule has 7 heteroatoms. The fourth-order valence-corrected chi connectivity index (χ4v) is 3.02. The average Bonchev–Trinajstić information content (AvgIpc) is 3.29. The molecule has 3 aromatic carbocycles. The number of para-hydroxylation sites is 2. The highest BCUT2D eigenvalue weighted by Gasteiger charge is 2.23. The standard InChI is InChI=1S/C23H20N4O3/c1-29-19-15-9-8-14-18(19)24-23(28)25-20(16-10-4-2-5-11-16)22-27-26-21(30-22)17-12-6-3-7-13-17/h2-15,20H,1H3,(H2,24,25,28). The lowest BCUT2D eigenvalue weighted by molar-refractivity contribution is 0.248. The highest BCUT2D eigenvalue weighted by atomic mass is 16.5. The van der Waals surface area contributed by atoms with Crippen molar-refractivity contribution >= 4 is 11.7 Å². The second-order valence-corrected chi connectivity index (χ2v) is 6.45. The molecule has 2 N–H and O–H groups in total. The molecule has 0 aliphatic carbocycles. The van der Waals surface area contributed by atoms with Gasteiger partial charge < -0.3 is 19.8 Å². The van der Waals surface area contributed by atoms with Gasteiger partial charge in [-0.3, -0.25) is 0 Å². The van der Waals surface area contributed by atoms with Gasteiger partial charge in [-0.25, -0.2) is 4.79 Å². The zero-order valence-corrected chi connectivity index (χ0v) is 16.3. The first-order chi connectivity index (χ1) is 14.7. The maximum Gasteiger partial charge on any atom is 0.320 e. The molecule has 2 amide bonds. The lowest BCUT2D eigenvalue weighted by Gasteiger charge is -2.17. The molecule has 0 aliphatic rings. The summed E-state index contributed by atoms with van der Waals surface area (Å²) < 4.78 is 11.2. The summed E-state index contributed by atoms with van der Waals surface area (Å²) >= 11 is 0. The summed E-state index contributed by atoms with van der Waals surface area (Å²) in [6.45, 7) is 0. The van der Waals surface area contributed by atoms with Gasteiger partial charge in [-0.15, -0.1) is 10.2 Å². The van der Waals surface area contributed by atoms with E-state index in [1.54, 1.807) is 19.2 Å². The number of carbonyl (C=O) groups excluding carboxylic acids is 1. The first-order valence-corrected chi connectivity index (χ1v) is 9.39. The van der Waals surface area contributed by atoms with Crippen LogP contribution >= 0.6 is 0 Å². The number of nitrogens with zero attached hydrogens (tertiary/aromatic N) is 2. The van der Waals surface area contributed by atoms with Crippen molar-refractivity contribution in [2.75, 3.05) is 12.4 Å². The van der Waals surface area contributed by atoms with Crippen LogP contribution in [0.4, 0.5) is 10.5 Å². The Labute approximate surface area is 173 Å². The Morgan fingerprint density at radius 2 is 1.57 bits per heavy atom. The van der Waals surface area contributed by atoms with E-state index in [4.69, 9.17) is 9.15 Å². The molecule has 0 spiro atoms. The maximum atomic E-state index is 12.7. The van der Waals surface area contributed by atoms with Crippen molar-refractivity contribution in [3.63, 3.8) is 0 Å². The van der Waals surface area contributed by atoms with Gasteiger partial charge in [0, 0.05) is 5.56 Å². The SMILES string of the molecule is COc1ccccc1NC(=O)NC(c1ccccc1)c1nnc(-c2ccccc2)o1. The molecule has 1 aromatic heterocycles. The van der Waals surface area contributed by atoms with Gasteiger partial charge in [0.25, 0.3) is 0 Å². The summed E-state index contributed by atoms with van der Waals surface area (Å²) in [7, 11) is 1.55. The smallest absolute Gasteiger partial charge is 0.320 e. The lowest BCUT2D eigenvalue weighted by atomic mass is 10.1. The van der Waals surface area contributed by atoms with Crippen LogP contribution in [0.15, 0.2) is 89.3 Å². The molecule has 30 heavy (non-hydrogen) atoms. The van der Waals surface area contributed by atoms with E-state index in [1.807, 2.05) is 72.8 Å². The summed E-state index contributed by atoms with van der Waals surface area (Å²) in [6, 6.07) is 25.1. The van der Waals surface area contributed by atoms with Crippen molar-refractivity contribution in [1.82, 2.24) is 15.5 Å². The molecule has 0 saturated heterocycles. The van der Waals surface area contributed by atoms with Crippen LogP contribution in [0.1, 0.15) is 17.5 Å². The Bertz CT molecular complexity index is 1110. The van der Waals surface area contributed by atoms with Crippen molar-refractivity contribution in [3.05, 3.63) is 96.4 Å². The molecule has 1 heterocycles. The molecule has 0 fully saturated rings. The Morgan fingerprint density at radius 3 is 2.30 bits per heavy atom. The number of hydrogen-bond acceptors (Lipinski definition) is 5. The van der Waals surface area contributed by atoms with Crippen LogP contribution in [0.3, 0.4) is 0 Å². The highest BCUT2D eigenvalue weighted by molar-refractivity contribution is 5.91. The zero-order valence-electron chi connectivity index (χ0n) is 16.3. The second-order valence-electron chi connectivity index (χ2n) is 6.45. The highest BCUT2D eigenvalue weighted by Crippen LogP contribution is 2.26. The molecule has 4 aromatic rings. The first kappa shape index (κ1) is 19.2. The maximum absolute atomic E-state index is 12.7. The van der Waals surface area contributed by atoms with Crippen LogP contribution in [0, 0.1) is 0 Å². The van der Waals surface area contributed by atoms with Gasteiger partial charge in [0.2, 0.25) is 11.8 Å². The summed E-state index contributed by atoms with van der Waals surface area (Å²) in [4.78, 5) is 12.7. The topological polar surface area (TPSA) is 89.3 Å². The molecule has 0 bridgehead atoms. The van der Waals surface area contributed by atoms with E-state index in [9.17, 15) is 4.79 Å². The minimum atomic E-state index is -0.620. The number of methoxy groups -OCH3 is 1. The fourth-order valence-electron chi connectivity index (χ4n) is 3.02. The van der Waals surface area contributed by atoms with Crippen LogP contribution in [0.2, 0.25) is 0 Å². The molecule has 0 aliphatic heterocycles. The number of anilines is 1. The molecule has 0 saturated carbocycles. The fraction of sp³-hybridized carbons (Fsp3) is 0.0870. The third-order valence-corrected chi connectivity index (χ3v) is 4.47. The molecular formula is C23H20N4O3. The first-order valence-electron chi connectivity index (χ1n) is 9.39. The molecule has 7 nitrogen and oxygen atoms in total. The third kappa shape index (κ3) is 4.30. The van der Waals surface area contributed by atoms with Crippen LogP contribution in [0.5, 0.6) is 5.75 Å². The minimum Gasteiger partial charge on any atom is -0.495 e. The van der Waals surface area contributed by atoms with Crippen molar-refractivity contribution in [1.29, 1.82) is 0 Å². The molecule has 1 unspecified atom stereocenters. The van der Waals surface area contributed by atoms with Crippen molar-refractivity contribution in [2.24, 2.45) is 0 Å². The lowest BCUT2D eigenvalue weighted by Crippen LogP contribution is -2.33. The third-order valence-electron chi connectivity index (χ3n) is 4.47. The van der Waals surface area contributed by atoms with E-state index < -0.39 is 12.1 Å². The van der Waals surface area contributed by atoms with Gasteiger partial charge in [-0.05, 0) is 29.8 Å². The molecule has 0 radical (unpaired) electrons. The molecule has 150 valence electrons. The van der Waals surface area contributed by atoms with Gasteiger partial charge in [-0.2, -0.15) is 0 Å². The van der Waals surface area contributed by atoms with Crippen molar-refractivity contribution in [2.45, 2.75) is 6.04 Å². The monoisotopic (exact) mass is 400 g/mol. The number of benzene rings is 3. The zero-order chi connectivity index (χ0) is 20.8. The number of nitrogens with one attached hydrogen (secondary N) is 2. The molecular weight excluding hydrogens is 380 g/mol. The predicted molar refractivity (Wildman–Crippen MR) is 113 cm³/mol. The Hall–Kier alpha value is -4.13. The van der Waals surface area contributed by atoms with Crippen LogP contribution in [0.25, 0.3) is 11.5 Å². The molecule has 1 atom stereocenters. The quantitative estimate of drug-likeness (QED) is 0.491. The van der Waals surface area contributed by atoms with E-state index in [-0.39, 0.29) is 5.89 Å². The minimum absolute atomic E-state index is 0.287. The largest absolute Gasteiger partial charge is 0.495 e. The molecule has 4 rings (SSSR count). The van der Waals surface area contributed by atoms with E-state index in [0.717, 1.165) is 11.1 Å². The van der Waals surface area contributed by atoms with Gasteiger partial charge in [-0.1, -0.05) is 60.7 Å². The number of ether oxygens (including phenoxy) is 1. The van der Waals surface area contributed by atoms with E-state index >= 15 is 0 Å². The van der Waals surface area contributed by atoms with Crippen LogP contribution in [-0.2, 0) is 0 Å². The Balaban J connectivity index is 1.60. The summed E-state index contributed by atoms with van der Waals surface area (Å²) in [5.41, 5.74) is 2.18. The van der Waals surface area contributed by atoms with Crippen LogP contribution in [-0.4, -0.2) is 23.3 Å². The summed E-state index contributed by atoms with van der Waals surface area (Å²) in [5.74, 6) is 1.24. The van der Waals surface area contributed by atoms with E-state index in [0.29, 0.717) is 17.3 Å². The van der Waals surface area contributed by atoms with Gasteiger partial charge in [0.05, 0.1) is 12.8 Å². The Morgan fingerprint density at radius 1 is 0.900 bits per heavy atom. The number of carbonyl (C=O) groups is 1. The predicted octanol–water partition coefficient (Wildman–Crippen LogP) is 4.66. The average molecular weight is 400 g/mol. The van der Waals surface area contributed by atoms with Gasteiger partial charge in [0.1, 0.15) is 11.8 Å². The normalized spacial score (nSPS) is 11.5. The van der Waals surface area contributed by atoms with Gasteiger partial charge >= 0.3 is 6.03 Å². The van der Waals surface area contributed by atoms with Crippen molar-refractivity contribution in [3.8, 4) is 17.2 Å². The van der Waals surface area contributed by atoms with Crippen molar-refractivity contribution < 1.29 is 13.9 Å². The number of urea groups is 1. The number of amides is 2. The van der Waals surface area contributed by atoms with Gasteiger partial charge in [0.15, 0.2) is 0 Å². The number of rotatable bonds is 6. The number of hydrogen-bond donors (Lipinski definition) is 2. The van der Waals surface area contributed by atoms with E-state index in [1.165, 1.54) is 0 Å². The number of aromatic nitrogens is 2. The summed E-state index contributed by atoms with van der Waals surface area (Å²) in [6.07, 6.45) is 0.